The van der Waals surface area contributed by atoms with Gasteiger partial charge in [0.25, 0.3) is 0 Å². The molecule has 2 heterocycles. The molecule has 2 aromatic rings. The van der Waals surface area contributed by atoms with Crippen LogP contribution in [0.5, 0.6) is 23.0 Å². The van der Waals surface area contributed by atoms with E-state index in [1.54, 1.807) is 18.2 Å². The molecule has 0 atom stereocenters. The minimum Gasteiger partial charge on any atom is -0.454 e. The molecular weight excluding hydrogens is 284 g/mol. The average molecular weight is 298 g/mol. The van der Waals surface area contributed by atoms with Gasteiger partial charge in [0, 0.05) is 12.0 Å². The van der Waals surface area contributed by atoms with Crippen LogP contribution in [0.4, 0.5) is 0 Å². The lowest BCUT2D eigenvalue weighted by molar-refractivity contribution is 0.0982. The van der Waals surface area contributed by atoms with Crippen molar-refractivity contribution in [3.8, 4) is 23.0 Å². The van der Waals surface area contributed by atoms with E-state index >= 15 is 0 Å². The van der Waals surface area contributed by atoms with Gasteiger partial charge in [0.15, 0.2) is 28.8 Å². The number of carbonyl (C=O) groups is 1. The van der Waals surface area contributed by atoms with E-state index in [4.69, 9.17) is 18.9 Å². The summed E-state index contributed by atoms with van der Waals surface area (Å²) in [6.45, 7) is 0.471. The van der Waals surface area contributed by atoms with Crippen molar-refractivity contribution in [2.24, 2.45) is 0 Å². The van der Waals surface area contributed by atoms with Crippen LogP contribution in [0.2, 0.25) is 0 Å². The van der Waals surface area contributed by atoms with Crippen LogP contribution in [0.15, 0.2) is 36.4 Å². The molecule has 5 nitrogen and oxygen atoms in total. The summed E-state index contributed by atoms with van der Waals surface area (Å²) in [7, 11) is 0. The zero-order valence-electron chi connectivity index (χ0n) is 11.8. The van der Waals surface area contributed by atoms with Gasteiger partial charge in [0.1, 0.15) is 0 Å². The Bertz CT molecular complexity index is 738. The first-order valence-corrected chi connectivity index (χ1v) is 7.11. The highest BCUT2D eigenvalue weighted by atomic mass is 16.7. The van der Waals surface area contributed by atoms with Crippen LogP contribution in [-0.4, -0.2) is 19.4 Å². The normalized spacial score (nSPS) is 14.2. The fraction of sp³-hybridized carbons (Fsp3) is 0.235. The second-order valence-corrected chi connectivity index (χ2v) is 5.18. The molecule has 22 heavy (non-hydrogen) atoms. The van der Waals surface area contributed by atoms with E-state index in [1.165, 1.54) is 0 Å². The van der Waals surface area contributed by atoms with Gasteiger partial charge in [-0.05, 0) is 42.3 Å². The Labute approximate surface area is 127 Å². The van der Waals surface area contributed by atoms with Crippen molar-refractivity contribution >= 4 is 5.78 Å². The quantitative estimate of drug-likeness (QED) is 0.812. The fourth-order valence-corrected chi connectivity index (χ4v) is 2.57. The number of benzene rings is 2. The Hall–Kier alpha value is -2.69. The summed E-state index contributed by atoms with van der Waals surface area (Å²) in [5, 5.41) is 0. The number of hydrogen-bond acceptors (Lipinski definition) is 5. The van der Waals surface area contributed by atoms with Gasteiger partial charge in [-0.25, -0.2) is 0 Å². The summed E-state index contributed by atoms with van der Waals surface area (Å²) >= 11 is 0. The van der Waals surface area contributed by atoms with Gasteiger partial charge in [-0.1, -0.05) is 6.07 Å². The van der Waals surface area contributed by atoms with E-state index in [1.807, 2.05) is 18.2 Å². The Morgan fingerprint density at radius 3 is 2.23 bits per heavy atom. The summed E-state index contributed by atoms with van der Waals surface area (Å²) < 4.78 is 21.2. The third-order valence-electron chi connectivity index (χ3n) is 3.77. The lowest BCUT2D eigenvalue weighted by atomic mass is 10.0. The highest BCUT2D eigenvalue weighted by Crippen LogP contribution is 2.34. The minimum absolute atomic E-state index is 0.0796. The lowest BCUT2D eigenvalue weighted by Crippen LogP contribution is -2.01. The highest BCUT2D eigenvalue weighted by molar-refractivity contribution is 5.96. The van der Waals surface area contributed by atoms with Crippen molar-refractivity contribution in [1.29, 1.82) is 0 Å². The molecule has 0 unspecified atom stereocenters. The molecule has 0 saturated carbocycles. The Kier molecular flexibility index (Phi) is 3.11. The van der Waals surface area contributed by atoms with E-state index in [2.05, 4.69) is 0 Å². The zero-order valence-corrected chi connectivity index (χ0v) is 11.8. The molecular formula is C17H14O5. The Morgan fingerprint density at radius 1 is 0.818 bits per heavy atom. The van der Waals surface area contributed by atoms with Crippen LogP contribution < -0.4 is 18.9 Å². The smallest absolute Gasteiger partial charge is 0.231 e. The predicted octanol–water partition coefficient (Wildman–Crippen LogP) is 2.96. The number of rotatable bonds is 4. The number of ketones is 1. The number of hydrogen-bond donors (Lipinski definition) is 0. The number of fused-ring (bicyclic) bond motifs is 2. The molecule has 0 saturated heterocycles. The van der Waals surface area contributed by atoms with Crippen LogP contribution in [0.25, 0.3) is 0 Å². The summed E-state index contributed by atoms with van der Waals surface area (Å²) in [6.07, 6.45) is 1.09. The first kappa shape index (κ1) is 13.0. The second-order valence-electron chi connectivity index (χ2n) is 5.18. The first-order valence-electron chi connectivity index (χ1n) is 7.11. The number of carbonyl (C=O) groups excluding carboxylic acids is 1. The molecule has 0 fully saturated rings. The van der Waals surface area contributed by atoms with Gasteiger partial charge in [0.2, 0.25) is 13.6 Å². The first-order chi connectivity index (χ1) is 10.8. The van der Waals surface area contributed by atoms with Crippen molar-refractivity contribution in [1.82, 2.24) is 0 Å². The van der Waals surface area contributed by atoms with Crippen LogP contribution in [0.1, 0.15) is 22.3 Å². The van der Waals surface area contributed by atoms with Gasteiger partial charge in [0.05, 0.1) is 0 Å². The molecule has 4 rings (SSSR count). The molecule has 112 valence electrons. The summed E-state index contributed by atoms with van der Waals surface area (Å²) in [6, 6.07) is 11.0. The molecule has 0 spiro atoms. The molecule has 2 aliphatic heterocycles. The average Bonchev–Trinajstić information content (AvgIpc) is 3.19. The van der Waals surface area contributed by atoms with E-state index in [0.29, 0.717) is 29.9 Å². The maximum atomic E-state index is 12.3. The standard InChI is InChI=1S/C17H14O5/c18-13(12-3-6-15-17(8-12)22-10-20-15)4-1-11-2-5-14-16(7-11)21-9-19-14/h2-3,5-8H,1,4,9-10H2. The molecule has 5 heteroatoms. The van der Waals surface area contributed by atoms with Crippen LogP contribution in [0, 0.1) is 0 Å². The van der Waals surface area contributed by atoms with Crippen molar-refractivity contribution in [3.63, 3.8) is 0 Å². The van der Waals surface area contributed by atoms with Gasteiger partial charge in [-0.15, -0.1) is 0 Å². The van der Waals surface area contributed by atoms with Crippen molar-refractivity contribution in [3.05, 3.63) is 47.5 Å². The third kappa shape index (κ3) is 2.35. The van der Waals surface area contributed by atoms with Crippen molar-refractivity contribution in [2.75, 3.05) is 13.6 Å². The number of ether oxygens (including phenoxy) is 4. The van der Waals surface area contributed by atoms with Gasteiger partial charge >= 0.3 is 0 Å². The van der Waals surface area contributed by atoms with E-state index in [0.717, 1.165) is 17.1 Å². The van der Waals surface area contributed by atoms with Crippen molar-refractivity contribution in [2.45, 2.75) is 12.8 Å². The maximum Gasteiger partial charge on any atom is 0.231 e. The molecule has 0 radical (unpaired) electrons. The Morgan fingerprint density at radius 2 is 1.45 bits per heavy atom. The summed E-state index contributed by atoms with van der Waals surface area (Å²) in [5.74, 6) is 2.90. The molecule has 0 aliphatic carbocycles. The SMILES string of the molecule is O=C(CCc1ccc2c(c1)OCO2)c1ccc2c(c1)OCO2. The molecule has 0 aromatic heterocycles. The number of Topliss-reactive ketones (excluding diaryl/α,β-unsaturated/α-hetero) is 1. The molecule has 0 N–H and O–H groups in total. The monoisotopic (exact) mass is 298 g/mol. The van der Waals surface area contributed by atoms with E-state index in [-0.39, 0.29) is 19.4 Å². The van der Waals surface area contributed by atoms with Crippen LogP contribution in [-0.2, 0) is 6.42 Å². The molecule has 0 bridgehead atoms. The Balaban J connectivity index is 1.44. The summed E-state index contributed by atoms with van der Waals surface area (Å²) in [4.78, 5) is 12.3. The fourth-order valence-electron chi connectivity index (χ4n) is 2.57. The minimum atomic E-state index is 0.0796. The van der Waals surface area contributed by atoms with E-state index in [9.17, 15) is 4.79 Å². The zero-order chi connectivity index (χ0) is 14.9. The van der Waals surface area contributed by atoms with Crippen LogP contribution >= 0.6 is 0 Å². The second kappa shape index (κ2) is 5.26. The molecule has 0 amide bonds. The van der Waals surface area contributed by atoms with Gasteiger partial charge < -0.3 is 18.9 Å². The van der Waals surface area contributed by atoms with Crippen molar-refractivity contribution < 1.29 is 23.7 Å². The number of aryl methyl sites for hydroxylation is 1. The molecule has 2 aromatic carbocycles. The summed E-state index contributed by atoms with van der Waals surface area (Å²) in [5.41, 5.74) is 1.70. The maximum absolute atomic E-state index is 12.3. The largest absolute Gasteiger partial charge is 0.454 e. The van der Waals surface area contributed by atoms with Gasteiger partial charge in [-0.3, -0.25) is 4.79 Å². The third-order valence-corrected chi connectivity index (χ3v) is 3.77. The van der Waals surface area contributed by atoms with E-state index < -0.39 is 0 Å². The topological polar surface area (TPSA) is 54.0 Å². The van der Waals surface area contributed by atoms with Gasteiger partial charge in [-0.2, -0.15) is 0 Å². The molecule has 2 aliphatic rings. The predicted molar refractivity (Wildman–Crippen MR) is 77.8 cm³/mol. The highest BCUT2D eigenvalue weighted by Gasteiger charge is 2.17. The lowest BCUT2D eigenvalue weighted by Gasteiger charge is -2.04. The van der Waals surface area contributed by atoms with Crippen LogP contribution in [0.3, 0.4) is 0 Å².